The van der Waals surface area contributed by atoms with Gasteiger partial charge >= 0.3 is 0 Å². The van der Waals surface area contributed by atoms with Crippen LogP contribution in [0.2, 0.25) is 0 Å². The Morgan fingerprint density at radius 3 is 2.71 bits per heavy atom. The first-order valence-electron chi connectivity index (χ1n) is 11.5. The van der Waals surface area contributed by atoms with Crippen LogP contribution in [0, 0.1) is 5.92 Å². The molecule has 0 aliphatic carbocycles. The third-order valence-corrected chi connectivity index (χ3v) is 7.47. The van der Waals surface area contributed by atoms with E-state index in [-0.39, 0.29) is 23.8 Å². The van der Waals surface area contributed by atoms with Gasteiger partial charge in [0.15, 0.2) is 5.69 Å². The highest BCUT2D eigenvalue weighted by Crippen LogP contribution is 2.30. The van der Waals surface area contributed by atoms with Crippen LogP contribution >= 0.6 is 11.3 Å². The second-order valence-electron chi connectivity index (χ2n) is 8.63. The van der Waals surface area contributed by atoms with Gasteiger partial charge in [0.25, 0.3) is 5.91 Å². The number of carbonyl (C=O) groups excluding carboxylic acids is 2. The second-order valence-corrected chi connectivity index (χ2v) is 9.66. The molecular weight excluding hydrogens is 452 g/mol. The summed E-state index contributed by atoms with van der Waals surface area (Å²) in [5.74, 6) is 0.726. The lowest BCUT2D eigenvalue weighted by atomic mass is 9.95. The molecule has 1 atom stereocenters. The zero-order valence-corrected chi connectivity index (χ0v) is 19.9. The summed E-state index contributed by atoms with van der Waals surface area (Å²) in [5.41, 5.74) is 2.33. The maximum atomic E-state index is 13.2. The predicted octanol–water partition coefficient (Wildman–Crippen LogP) is 3.39. The molecule has 9 heteroatoms. The number of hydrogen-bond acceptors (Lipinski definition) is 6. The molecule has 8 nitrogen and oxygen atoms in total. The molecule has 0 bridgehead atoms. The van der Waals surface area contributed by atoms with Crippen LogP contribution in [0.25, 0.3) is 0 Å². The lowest BCUT2D eigenvalue weighted by Gasteiger charge is -2.31. The maximum absolute atomic E-state index is 13.2. The van der Waals surface area contributed by atoms with Crippen LogP contribution in [0.1, 0.15) is 45.6 Å². The van der Waals surface area contributed by atoms with Gasteiger partial charge in [-0.05, 0) is 42.0 Å². The van der Waals surface area contributed by atoms with E-state index in [0.717, 1.165) is 21.9 Å². The third-order valence-electron chi connectivity index (χ3n) is 6.59. The van der Waals surface area contributed by atoms with Gasteiger partial charge in [0, 0.05) is 23.9 Å². The highest BCUT2D eigenvalue weighted by molar-refractivity contribution is 7.09. The van der Waals surface area contributed by atoms with E-state index in [1.807, 2.05) is 51.2 Å². The molecule has 1 N–H and O–H groups in total. The summed E-state index contributed by atoms with van der Waals surface area (Å²) < 4.78 is 13.3. The van der Waals surface area contributed by atoms with Gasteiger partial charge in [-0.3, -0.25) is 9.59 Å². The van der Waals surface area contributed by atoms with Crippen molar-refractivity contribution in [1.82, 2.24) is 19.8 Å². The molecule has 2 aliphatic heterocycles. The molecule has 178 valence electrons. The Labute approximate surface area is 202 Å². The van der Waals surface area contributed by atoms with Gasteiger partial charge in [-0.2, -0.15) is 0 Å². The van der Waals surface area contributed by atoms with E-state index in [9.17, 15) is 9.59 Å². The Bertz CT molecular complexity index is 1130. The van der Waals surface area contributed by atoms with E-state index in [2.05, 4.69) is 10.3 Å². The zero-order chi connectivity index (χ0) is 23.5. The average Bonchev–Trinajstić information content (AvgIpc) is 3.56. The van der Waals surface area contributed by atoms with E-state index >= 15 is 0 Å². The van der Waals surface area contributed by atoms with Gasteiger partial charge in [0.05, 0.1) is 38.8 Å². The van der Waals surface area contributed by atoms with Gasteiger partial charge in [0.1, 0.15) is 11.9 Å². The third kappa shape index (κ3) is 4.71. The van der Waals surface area contributed by atoms with Crippen molar-refractivity contribution in [2.45, 2.75) is 38.6 Å². The van der Waals surface area contributed by atoms with Gasteiger partial charge in [-0.25, -0.2) is 4.98 Å². The fourth-order valence-electron chi connectivity index (χ4n) is 4.55. The number of fused-ring (bicyclic) bond motifs is 1. The molecule has 2 aromatic heterocycles. The first-order valence-corrected chi connectivity index (χ1v) is 12.4. The maximum Gasteiger partial charge on any atom is 0.274 e. The van der Waals surface area contributed by atoms with Gasteiger partial charge in [0.2, 0.25) is 5.91 Å². The standard InChI is InChI=1S/C25H28N4O4S/c1-32-19-6-4-17(5-7-19)22-14-29-16-27-23(21(29)15-33-22)25(31)28-10-8-18(9-11-28)24(30)26-13-20-3-2-12-34-20/h2-7,12,16,18,22H,8-11,13-15H2,1H3,(H,26,30)/t22-/m0/s1. The minimum absolute atomic E-state index is 0.0616. The lowest BCUT2D eigenvalue weighted by Crippen LogP contribution is -2.43. The average molecular weight is 481 g/mol. The van der Waals surface area contributed by atoms with Crippen LogP contribution < -0.4 is 10.1 Å². The highest BCUT2D eigenvalue weighted by Gasteiger charge is 2.32. The number of piperidine rings is 1. The Hall–Kier alpha value is -3.17. The number of rotatable bonds is 6. The number of likely N-dealkylation sites (tertiary alicyclic amines) is 1. The molecule has 0 radical (unpaired) electrons. The fourth-order valence-corrected chi connectivity index (χ4v) is 5.20. The van der Waals surface area contributed by atoms with Crippen molar-refractivity contribution >= 4 is 23.2 Å². The summed E-state index contributed by atoms with van der Waals surface area (Å²) in [6.07, 6.45) is 2.95. The van der Waals surface area contributed by atoms with Crippen molar-refractivity contribution in [1.29, 1.82) is 0 Å². The number of hydrogen-bond donors (Lipinski definition) is 1. The Kier molecular flexibility index (Phi) is 6.64. The fraction of sp³-hybridized carbons (Fsp3) is 0.400. The molecule has 2 aliphatic rings. The molecule has 1 aromatic carbocycles. The van der Waals surface area contributed by atoms with E-state index in [4.69, 9.17) is 9.47 Å². The number of nitrogens with one attached hydrogen (secondary N) is 1. The summed E-state index contributed by atoms with van der Waals surface area (Å²) in [7, 11) is 1.64. The van der Waals surface area contributed by atoms with E-state index in [0.29, 0.717) is 51.3 Å². The Balaban J connectivity index is 1.16. The first-order chi connectivity index (χ1) is 16.6. The number of nitrogens with zero attached hydrogens (tertiary/aromatic N) is 3. The molecular formula is C25H28N4O4S. The number of ether oxygens (including phenoxy) is 2. The largest absolute Gasteiger partial charge is 0.497 e. The SMILES string of the molecule is COc1ccc([C@@H]2Cn3cnc(C(=O)N4CCC(C(=O)NCc5cccs5)CC4)c3CO2)cc1. The van der Waals surface area contributed by atoms with Crippen LogP contribution in [-0.4, -0.2) is 46.5 Å². The van der Waals surface area contributed by atoms with Crippen molar-refractivity contribution in [3.63, 3.8) is 0 Å². The summed E-state index contributed by atoms with van der Waals surface area (Å²) in [6.45, 7) is 2.61. The molecule has 0 unspecified atom stereocenters. The Morgan fingerprint density at radius 1 is 1.21 bits per heavy atom. The number of aromatic nitrogens is 2. The molecule has 1 fully saturated rings. The lowest BCUT2D eigenvalue weighted by molar-refractivity contribution is -0.126. The number of amides is 2. The van der Waals surface area contributed by atoms with Crippen molar-refractivity contribution in [2.24, 2.45) is 5.92 Å². The van der Waals surface area contributed by atoms with Crippen LogP contribution in [-0.2, 0) is 29.2 Å². The number of imidazole rings is 1. The quantitative estimate of drug-likeness (QED) is 0.585. The molecule has 5 rings (SSSR count). The molecule has 2 amide bonds. The topological polar surface area (TPSA) is 85.7 Å². The predicted molar refractivity (Wildman–Crippen MR) is 128 cm³/mol. The van der Waals surface area contributed by atoms with Crippen LogP contribution in [0.5, 0.6) is 5.75 Å². The van der Waals surface area contributed by atoms with Gasteiger partial charge in [-0.15, -0.1) is 11.3 Å². The number of thiophene rings is 1. The van der Waals surface area contributed by atoms with Crippen LogP contribution in [0.4, 0.5) is 0 Å². The molecule has 0 spiro atoms. The number of carbonyl (C=O) groups is 2. The molecule has 34 heavy (non-hydrogen) atoms. The van der Waals surface area contributed by atoms with Crippen molar-refractivity contribution < 1.29 is 19.1 Å². The van der Waals surface area contributed by atoms with E-state index < -0.39 is 0 Å². The zero-order valence-electron chi connectivity index (χ0n) is 19.1. The second kappa shape index (κ2) is 9.99. The summed E-state index contributed by atoms with van der Waals surface area (Å²) in [6, 6.07) is 11.8. The highest BCUT2D eigenvalue weighted by atomic mass is 32.1. The van der Waals surface area contributed by atoms with Crippen molar-refractivity contribution in [3.8, 4) is 5.75 Å². The summed E-state index contributed by atoms with van der Waals surface area (Å²) >= 11 is 1.63. The molecule has 4 heterocycles. The molecule has 3 aromatic rings. The minimum atomic E-state index is -0.0982. The minimum Gasteiger partial charge on any atom is -0.497 e. The van der Waals surface area contributed by atoms with Gasteiger partial charge < -0.3 is 24.3 Å². The Morgan fingerprint density at radius 2 is 2.00 bits per heavy atom. The van der Waals surface area contributed by atoms with Gasteiger partial charge in [-0.1, -0.05) is 18.2 Å². The van der Waals surface area contributed by atoms with Crippen LogP contribution in [0.3, 0.4) is 0 Å². The van der Waals surface area contributed by atoms with E-state index in [1.54, 1.807) is 24.8 Å². The van der Waals surface area contributed by atoms with Crippen molar-refractivity contribution in [2.75, 3.05) is 20.2 Å². The number of methoxy groups -OCH3 is 1. The summed E-state index contributed by atoms with van der Waals surface area (Å²) in [5, 5.41) is 5.02. The van der Waals surface area contributed by atoms with Crippen LogP contribution in [0.15, 0.2) is 48.1 Å². The van der Waals surface area contributed by atoms with Crippen molar-refractivity contribution in [3.05, 3.63) is 69.9 Å². The summed E-state index contributed by atoms with van der Waals surface area (Å²) in [4.78, 5) is 33.1. The molecule has 0 saturated carbocycles. The smallest absolute Gasteiger partial charge is 0.274 e. The number of benzene rings is 1. The monoisotopic (exact) mass is 480 g/mol. The molecule has 1 saturated heterocycles. The first kappa shape index (κ1) is 22.6. The van der Waals surface area contributed by atoms with E-state index in [1.165, 1.54) is 0 Å². The normalized spacial score (nSPS) is 18.4.